The van der Waals surface area contributed by atoms with E-state index >= 15 is 0 Å². The summed E-state index contributed by atoms with van der Waals surface area (Å²) in [5.41, 5.74) is 0.875. The zero-order valence-corrected chi connectivity index (χ0v) is 19.1. The number of piperazine rings is 1. The number of carbonyl (C=O) groups is 4. The molecule has 0 spiro atoms. The van der Waals surface area contributed by atoms with Crippen LogP contribution in [0.2, 0.25) is 0 Å². The summed E-state index contributed by atoms with van der Waals surface area (Å²) in [6, 6.07) is 6.87. The zero-order chi connectivity index (χ0) is 24.1. The van der Waals surface area contributed by atoms with Gasteiger partial charge in [0.1, 0.15) is 12.1 Å². The van der Waals surface area contributed by atoms with Gasteiger partial charge in [-0.3, -0.25) is 19.2 Å². The van der Waals surface area contributed by atoms with Crippen molar-refractivity contribution in [3.8, 4) is 6.07 Å². The summed E-state index contributed by atoms with van der Waals surface area (Å²) in [7, 11) is 0. The monoisotopic (exact) mass is 466 g/mol. The maximum absolute atomic E-state index is 13.3. The number of hydrogen-bond donors (Lipinski definition) is 3. The lowest BCUT2D eigenvalue weighted by Crippen LogP contribution is -2.64. The Morgan fingerprint density at radius 3 is 2.44 bits per heavy atom. The highest BCUT2D eigenvalue weighted by atomic mass is 16.2. The average molecular weight is 467 g/mol. The topological polar surface area (TPSA) is 135 Å². The fraction of sp³-hybridized carbons (Fsp3) is 0.542. The number of rotatable bonds is 4. The van der Waals surface area contributed by atoms with Crippen molar-refractivity contribution in [2.75, 3.05) is 39.3 Å². The van der Waals surface area contributed by atoms with Crippen LogP contribution in [-0.2, 0) is 14.4 Å². The van der Waals surface area contributed by atoms with Gasteiger partial charge in [0, 0.05) is 31.1 Å². The van der Waals surface area contributed by atoms with Gasteiger partial charge >= 0.3 is 0 Å². The molecule has 180 valence electrons. The first-order valence-corrected chi connectivity index (χ1v) is 11.9. The third-order valence-electron chi connectivity index (χ3n) is 6.80. The number of amides is 4. The van der Waals surface area contributed by atoms with Gasteiger partial charge in [0.05, 0.1) is 18.2 Å². The molecule has 10 heteroatoms. The van der Waals surface area contributed by atoms with E-state index in [1.165, 1.54) is 0 Å². The molecule has 3 aliphatic rings. The molecule has 3 heterocycles. The molecule has 3 fully saturated rings. The summed E-state index contributed by atoms with van der Waals surface area (Å²) < 4.78 is 0. The predicted molar refractivity (Wildman–Crippen MR) is 122 cm³/mol. The van der Waals surface area contributed by atoms with Crippen LogP contribution in [-0.4, -0.2) is 84.8 Å². The lowest BCUT2D eigenvalue weighted by atomic mass is 9.95. The molecule has 2 atom stereocenters. The summed E-state index contributed by atoms with van der Waals surface area (Å²) in [5, 5.41) is 17.8. The molecule has 0 aromatic heterocycles. The van der Waals surface area contributed by atoms with Crippen LogP contribution >= 0.6 is 0 Å². The highest BCUT2D eigenvalue weighted by molar-refractivity contribution is 5.97. The fourth-order valence-electron chi connectivity index (χ4n) is 4.81. The molecule has 0 radical (unpaired) electrons. The van der Waals surface area contributed by atoms with E-state index in [0.29, 0.717) is 43.5 Å². The summed E-state index contributed by atoms with van der Waals surface area (Å²) in [4.78, 5) is 55.1. The smallest absolute Gasteiger partial charge is 0.253 e. The lowest BCUT2D eigenvalue weighted by Gasteiger charge is -2.42. The van der Waals surface area contributed by atoms with E-state index in [-0.39, 0.29) is 36.7 Å². The minimum atomic E-state index is -0.867. The van der Waals surface area contributed by atoms with Crippen LogP contribution in [0.5, 0.6) is 0 Å². The van der Waals surface area contributed by atoms with E-state index in [2.05, 4.69) is 16.0 Å². The quantitative estimate of drug-likeness (QED) is 0.553. The Kier molecular flexibility index (Phi) is 7.43. The number of benzene rings is 1. The molecule has 10 nitrogen and oxygen atoms in total. The molecule has 0 aliphatic carbocycles. The Morgan fingerprint density at radius 2 is 1.76 bits per heavy atom. The molecule has 4 rings (SSSR count). The van der Waals surface area contributed by atoms with Gasteiger partial charge in [0.25, 0.3) is 5.91 Å². The van der Waals surface area contributed by atoms with Crippen molar-refractivity contribution in [1.82, 2.24) is 25.8 Å². The zero-order valence-electron chi connectivity index (χ0n) is 19.1. The second kappa shape index (κ2) is 10.7. The van der Waals surface area contributed by atoms with E-state index in [1.54, 1.807) is 34.1 Å². The van der Waals surface area contributed by atoms with Crippen LogP contribution in [0.4, 0.5) is 0 Å². The number of carbonyl (C=O) groups excluding carboxylic acids is 4. The van der Waals surface area contributed by atoms with Crippen LogP contribution in [0.3, 0.4) is 0 Å². The fourth-order valence-corrected chi connectivity index (χ4v) is 4.81. The van der Waals surface area contributed by atoms with Gasteiger partial charge in [-0.25, -0.2) is 0 Å². The lowest BCUT2D eigenvalue weighted by molar-refractivity contribution is -0.147. The third-order valence-corrected chi connectivity index (χ3v) is 6.80. The van der Waals surface area contributed by atoms with Gasteiger partial charge in [-0.05, 0) is 63.0 Å². The van der Waals surface area contributed by atoms with Crippen LogP contribution in [0.1, 0.15) is 41.6 Å². The highest BCUT2D eigenvalue weighted by Gasteiger charge is 2.40. The van der Waals surface area contributed by atoms with Crippen molar-refractivity contribution >= 4 is 23.6 Å². The Bertz CT molecular complexity index is 982. The molecule has 34 heavy (non-hydrogen) atoms. The second-order valence-electron chi connectivity index (χ2n) is 9.01. The standard InChI is InChI=1S/C24H30N6O4/c25-14-16-3-5-17(6-4-16)23(33)29-12-13-30(24(34)18-7-10-26-11-8-18)20(15-29)22(32)28-19-2-1-9-27-21(19)31/h3-6,18-20,26H,1-2,7-13,15H2,(H,27,31)(H,28,32). The maximum atomic E-state index is 13.3. The molecule has 4 amide bonds. The van der Waals surface area contributed by atoms with Crippen LogP contribution in [0.25, 0.3) is 0 Å². The van der Waals surface area contributed by atoms with Crippen LogP contribution in [0, 0.1) is 17.2 Å². The molecule has 3 saturated heterocycles. The van der Waals surface area contributed by atoms with Gasteiger partial charge in [0.15, 0.2) is 0 Å². The summed E-state index contributed by atoms with van der Waals surface area (Å²) >= 11 is 0. The van der Waals surface area contributed by atoms with Crippen molar-refractivity contribution in [2.45, 2.75) is 37.8 Å². The highest BCUT2D eigenvalue weighted by Crippen LogP contribution is 2.21. The number of nitrogens with zero attached hydrogens (tertiary/aromatic N) is 3. The molecule has 0 saturated carbocycles. The van der Waals surface area contributed by atoms with E-state index < -0.39 is 18.0 Å². The molecule has 1 aromatic carbocycles. The van der Waals surface area contributed by atoms with E-state index in [1.807, 2.05) is 6.07 Å². The molecule has 2 unspecified atom stereocenters. The predicted octanol–water partition coefficient (Wildman–Crippen LogP) is -0.394. The summed E-state index contributed by atoms with van der Waals surface area (Å²) in [5.74, 6) is -1.12. The van der Waals surface area contributed by atoms with Gasteiger partial charge in [-0.1, -0.05) is 0 Å². The van der Waals surface area contributed by atoms with E-state index in [4.69, 9.17) is 5.26 Å². The van der Waals surface area contributed by atoms with Gasteiger partial charge in [-0.15, -0.1) is 0 Å². The Morgan fingerprint density at radius 1 is 1.03 bits per heavy atom. The number of piperidine rings is 2. The molecule has 1 aromatic rings. The molecular formula is C24H30N6O4. The first-order chi connectivity index (χ1) is 16.5. The SMILES string of the molecule is N#Cc1ccc(C(=O)N2CCN(C(=O)C3CCNCC3)C(C(=O)NC3CCCNC3=O)C2)cc1. The Balaban J connectivity index is 1.52. The third kappa shape index (κ3) is 5.20. The number of nitrogens with one attached hydrogen (secondary N) is 3. The largest absolute Gasteiger partial charge is 0.354 e. The van der Waals surface area contributed by atoms with Gasteiger partial charge in [0.2, 0.25) is 17.7 Å². The second-order valence-corrected chi connectivity index (χ2v) is 9.01. The van der Waals surface area contributed by atoms with Crippen LogP contribution < -0.4 is 16.0 Å². The Labute approximate surface area is 198 Å². The average Bonchev–Trinajstić information content (AvgIpc) is 2.89. The normalized spacial score (nSPS) is 23.6. The molecule has 3 aliphatic heterocycles. The van der Waals surface area contributed by atoms with Crippen LogP contribution in [0.15, 0.2) is 24.3 Å². The Hall–Kier alpha value is -3.45. The maximum Gasteiger partial charge on any atom is 0.253 e. The minimum Gasteiger partial charge on any atom is -0.354 e. The van der Waals surface area contributed by atoms with E-state index in [0.717, 1.165) is 19.5 Å². The van der Waals surface area contributed by atoms with Gasteiger partial charge < -0.3 is 25.8 Å². The molecular weight excluding hydrogens is 436 g/mol. The number of nitriles is 1. The minimum absolute atomic E-state index is 0.0513. The van der Waals surface area contributed by atoms with Crippen molar-refractivity contribution in [3.63, 3.8) is 0 Å². The molecule has 3 N–H and O–H groups in total. The van der Waals surface area contributed by atoms with Gasteiger partial charge in [-0.2, -0.15) is 5.26 Å². The summed E-state index contributed by atoms with van der Waals surface area (Å²) in [6.07, 6.45) is 2.73. The van der Waals surface area contributed by atoms with E-state index in [9.17, 15) is 19.2 Å². The summed E-state index contributed by atoms with van der Waals surface area (Å²) in [6.45, 7) is 2.71. The first kappa shape index (κ1) is 23.7. The van der Waals surface area contributed by atoms with Crippen molar-refractivity contribution in [3.05, 3.63) is 35.4 Å². The van der Waals surface area contributed by atoms with Crippen molar-refractivity contribution < 1.29 is 19.2 Å². The number of hydrogen-bond acceptors (Lipinski definition) is 6. The molecule has 0 bridgehead atoms. The van der Waals surface area contributed by atoms with Crippen molar-refractivity contribution in [2.24, 2.45) is 5.92 Å². The first-order valence-electron chi connectivity index (χ1n) is 11.9. The van der Waals surface area contributed by atoms with Crippen molar-refractivity contribution in [1.29, 1.82) is 5.26 Å².